The third kappa shape index (κ3) is 4.75. The van der Waals surface area contributed by atoms with Crippen molar-refractivity contribution in [1.29, 1.82) is 0 Å². The smallest absolute Gasteiger partial charge is 0.489 e. The zero-order valence-electron chi connectivity index (χ0n) is 10.7. The molecule has 2 rings (SSSR count). The van der Waals surface area contributed by atoms with E-state index in [9.17, 15) is 13.2 Å². The number of nitrogens with two attached hydrogens (primary N) is 1. The van der Waals surface area contributed by atoms with E-state index in [0.29, 0.717) is 22.0 Å². The molecule has 0 bridgehead atoms. The third-order valence-electron chi connectivity index (χ3n) is 2.56. The van der Waals surface area contributed by atoms with Gasteiger partial charge in [-0.05, 0) is 42.5 Å². The van der Waals surface area contributed by atoms with Crippen LogP contribution < -0.4 is 15.2 Å². The fraction of sp³-hybridized carbons (Fsp3) is 0.143. The molecule has 0 saturated carbocycles. The first-order chi connectivity index (χ1) is 9.83. The van der Waals surface area contributed by atoms with Crippen LogP contribution in [0.5, 0.6) is 11.5 Å². The van der Waals surface area contributed by atoms with Gasteiger partial charge in [0.2, 0.25) is 0 Å². The van der Waals surface area contributed by atoms with E-state index in [1.807, 2.05) is 0 Å². The van der Waals surface area contributed by atoms with Gasteiger partial charge in [0.15, 0.2) is 0 Å². The number of benzene rings is 2. The van der Waals surface area contributed by atoms with E-state index in [1.54, 1.807) is 18.2 Å². The van der Waals surface area contributed by atoms with Gasteiger partial charge in [0.25, 0.3) is 0 Å². The van der Waals surface area contributed by atoms with Crippen LogP contribution in [0.15, 0.2) is 42.5 Å². The van der Waals surface area contributed by atoms with Gasteiger partial charge in [-0.25, -0.2) is 0 Å². The third-order valence-corrected chi connectivity index (χ3v) is 2.79. The summed E-state index contributed by atoms with van der Waals surface area (Å²) in [6.07, 6.45) is -4.71. The molecule has 0 fully saturated rings. The molecule has 0 aliphatic rings. The molecule has 0 atom stereocenters. The second-order valence-electron chi connectivity index (χ2n) is 4.15. The minimum absolute atomic E-state index is 0.159. The van der Waals surface area contributed by atoms with Gasteiger partial charge < -0.3 is 15.2 Å². The van der Waals surface area contributed by atoms with Crippen LogP contribution in [0.1, 0.15) is 5.56 Å². The van der Waals surface area contributed by atoms with E-state index in [0.717, 1.165) is 0 Å². The lowest BCUT2D eigenvalue weighted by atomic mass is 10.2. The predicted octanol–water partition coefficient (Wildman–Crippen LogP) is 4.40. The van der Waals surface area contributed by atoms with Gasteiger partial charge in [0, 0.05) is 16.3 Å². The highest BCUT2D eigenvalue weighted by Gasteiger charge is 2.30. The van der Waals surface area contributed by atoms with Crippen molar-refractivity contribution in [3.63, 3.8) is 0 Å². The maximum atomic E-state index is 12.0. The molecule has 2 N–H and O–H groups in total. The van der Waals surface area contributed by atoms with Crippen LogP contribution in [0.3, 0.4) is 0 Å². The molecule has 2 aromatic carbocycles. The highest BCUT2D eigenvalue weighted by Crippen LogP contribution is 2.25. The summed E-state index contributed by atoms with van der Waals surface area (Å²) in [6.45, 7) is 0.159. The summed E-state index contributed by atoms with van der Waals surface area (Å²) in [4.78, 5) is 0. The van der Waals surface area contributed by atoms with E-state index in [-0.39, 0.29) is 12.4 Å². The Kier molecular flexibility index (Phi) is 4.47. The van der Waals surface area contributed by atoms with E-state index in [1.165, 1.54) is 24.3 Å². The van der Waals surface area contributed by atoms with E-state index in [4.69, 9.17) is 22.1 Å². The predicted molar refractivity (Wildman–Crippen MR) is 73.3 cm³/mol. The van der Waals surface area contributed by atoms with Crippen LogP contribution in [0.4, 0.5) is 18.9 Å². The van der Waals surface area contributed by atoms with Gasteiger partial charge in [0.1, 0.15) is 18.1 Å². The van der Waals surface area contributed by atoms with Gasteiger partial charge in [-0.3, -0.25) is 0 Å². The zero-order valence-corrected chi connectivity index (χ0v) is 11.4. The Bertz CT molecular complexity index is 615. The first kappa shape index (κ1) is 15.3. The Morgan fingerprint density at radius 1 is 1.00 bits per heavy atom. The summed E-state index contributed by atoms with van der Waals surface area (Å²) < 4.78 is 45.2. The average Bonchev–Trinajstić information content (AvgIpc) is 2.40. The molecule has 0 saturated heterocycles. The Morgan fingerprint density at radius 2 is 1.62 bits per heavy atom. The van der Waals surface area contributed by atoms with Gasteiger partial charge in [-0.1, -0.05) is 11.6 Å². The molecule has 0 aromatic heterocycles. The summed E-state index contributed by atoms with van der Waals surface area (Å²) in [5, 5.41) is 0.525. The second kappa shape index (κ2) is 6.13. The van der Waals surface area contributed by atoms with Gasteiger partial charge in [-0.15, -0.1) is 13.2 Å². The van der Waals surface area contributed by atoms with Crippen molar-refractivity contribution in [3.8, 4) is 11.5 Å². The molecule has 0 aliphatic heterocycles. The molecule has 7 heteroatoms. The van der Waals surface area contributed by atoms with Crippen molar-refractivity contribution in [1.82, 2.24) is 0 Å². The van der Waals surface area contributed by atoms with E-state index >= 15 is 0 Å². The first-order valence-electron chi connectivity index (χ1n) is 5.86. The molecule has 112 valence electrons. The fourth-order valence-corrected chi connectivity index (χ4v) is 1.79. The maximum Gasteiger partial charge on any atom is 0.573 e. The molecule has 0 radical (unpaired) electrons. The van der Waals surface area contributed by atoms with Crippen LogP contribution in [-0.4, -0.2) is 6.36 Å². The number of hydrogen-bond acceptors (Lipinski definition) is 3. The Hall–Kier alpha value is -2.08. The number of hydrogen-bond donors (Lipinski definition) is 1. The molecule has 0 aliphatic carbocycles. The number of ether oxygens (including phenoxy) is 2. The summed E-state index contributed by atoms with van der Waals surface area (Å²) >= 11 is 5.85. The topological polar surface area (TPSA) is 44.5 Å². The quantitative estimate of drug-likeness (QED) is 0.850. The van der Waals surface area contributed by atoms with Crippen molar-refractivity contribution in [2.45, 2.75) is 13.0 Å². The Balaban J connectivity index is 1.99. The van der Waals surface area contributed by atoms with Crippen molar-refractivity contribution in [3.05, 3.63) is 53.1 Å². The molecule has 3 nitrogen and oxygen atoms in total. The van der Waals surface area contributed by atoms with Gasteiger partial charge in [0.05, 0.1) is 0 Å². The maximum absolute atomic E-state index is 12.0. The standard InChI is InChI=1S/C14H11ClF3NO2/c15-10-1-6-13(19)9(7-10)8-20-11-2-4-12(5-3-11)21-14(16,17)18/h1-7H,8,19H2. The molecule has 0 amide bonds. The normalized spacial score (nSPS) is 11.2. The number of nitrogen functional groups attached to an aromatic ring is 1. The van der Waals surface area contributed by atoms with Crippen LogP contribution >= 0.6 is 11.6 Å². The van der Waals surface area contributed by atoms with E-state index < -0.39 is 6.36 Å². The Labute approximate surface area is 124 Å². The first-order valence-corrected chi connectivity index (χ1v) is 6.24. The van der Waals surface area contributed by atoms with Gasteiger partial charge in [-0.2, -0.15) is 0 Å². The fourth-order valence-electron chi connectivity index (χ4n) is 1.60. The van der Waals surface area contributed by atoms with Gasteiger partial charge >= 0.3 is 6.36 Å². The lowest BCUT2D eigenvalue weighted by molar-refractivity contribution is -0.274. The summed E-state index contributed by atoms with van der Waals surface area (Å²) in [6, 6.07) is 10.1. The molecular weight excluding hydrogens is 307 g/mol. The highest BCUT2D eigenvalue weighted by molar-refractivity contribution is 6.30. The van der Waals surface area contributed by atoms with E-state index in [2.05, 4.69) is 4.74 Å². The monoisotopic (exact) mass is 317 g/mol. The number of halogens is 4. The Morgan fingerprint density at radius 3 is 2.24 bits per heavy atom. The molecule has 0 spiro atoms. The largest absolute Gasteiger partial charge is 0.573 e. The molecular formula is C14H11ClF3NO2. The van der Waals surface area contributed by atoms with Crippen molar-refractivity contribution >= 4 is 17.3 Å². The van der Waals surface area contributed by atoms with Crippen LogP contribution in [0.25, 0.3) is 0 Å². The lowest BCUT2D eigenvalue weighted by Gasteiger charge is -2.11. The molecule has 21 heavy (non-hydrogen) atoms. The summed E-state index contributed by atoms with van der Waals surface area (Å²) in [7, 11) is 0. The minimum atomic E-state index is -4.71. The lowest BCUT2D eigenvalue weighted by Crippen LogP contribution is -2.16. The minimum Gasteiger partial charge on any atom is -0.489 e. The van der Waals surface area contributed by atoms with Crippen molar-refractivity contribution < 1.29 is 22.6 Å². The molecule has 2 aromatic rings. The summed E-state index contributed by atoms with van der Waals surface area (Å²) in [5.41, 5.74) is 6.98. The molecule has 0 unspecified atom stereocenters. The zero-order chi connectivity index (χ0) is 15.5. The van der Waals surface area contributed by atoms with Crippen LogP contribution in [0, 0.1) is 0 Å². The van der Waals surface area contributed by atoms with Crippen molar-refractivity contribution in [2.24, 2.45) is 0 Å². The second-order valence-corrected chi connectivity index (χ2v) is 4.59. The molecule has 0 heterocycles. The number of anilines is 1. The van der Waals surface area contributed by atoms with Crippen LogP contribution in [0.2, 0.25) is 5.02 Å². The average molecular weight is 318 g/mol. The SMILES string of the molecule is Nc1ccc(Cl)cc1COc1ccc(OC(F)(F)F)cc1. The number of alkyl halides is 3. The summed E-state index contributed by atoms with van der Waals surface area (Å²) in [5.74, 6) is 0.0843. The highest BCUT2D eigenvalue weighted by atomic mass is 35.5. The van der Waals surface area contributed by atoms with Crippen LogP contribution in [-0.2, 0) is 6.61 Å². The number of rotatable bonds is 4. The van der Waals surface area contributed by atoms with Crippen molar-refractivity contribution in [2.75, 3.05) is 5.73 Å².